The molecule has 0 saturated carbocycles. The molecule has 1 aromatic rings. The van der Waals surface area contributed by atoms with Crippen molar-refractivity contribution in [2.75, 3.05) is 13.2 Å². The van der Waals surface area contributed by atoms with Crippen molar-refractivity contribution in [2.24, 2.45) is 7.05 Å². The minimum absolute atomic E-state index is 0.462. The zero-order valence-electron chi connectivity index (χ0n) is 12.3. The molecule has 19 heavy (non-hydrogen) atoms. The Morgan fingerprint density at radius 2 is 2.42 bits per heavy atom. The number of ether oxygens (including phenoxy) is 1. The zero-order chi connectivity index (χ0) is 13.5. The summed E-state index contributed by atoms with van der Waals surface area (Å²) in [6.07, 6.45) is 9.52. The number of nitrogens with zero attached hydrogens (tertiary/aromatic N) is 2. The fourth-order valence-electron chi connectivity index (χ4n) is 2.87. The summed E-state index contributed by atoms with van der Waals surface area (Å²) in [6.45, 7) is 4.16. The van der Waals surface area contributed by atoms with Gasteiger partial charge < -0.3 is 10.1 Å². The molecule has 2 rings (SSSR count). The Bertz CT molecular complexity index is 358. The molecule has 1 aliphatic rings. The molecule has 108 valence electrons. The van der Waals surface area contributed by atoms with Crippen LogP contribution in [0, 0.1) is 0 Å². The van der Waals surface area contributed by atoms with Gasteiger partial charge in [-0.1, -0.05) is 6.92 Å². The molecule has 4 heteroatoms. The van der Waals surface area contributed by atoms with Crippen molar-refractivity contribution in [3.05, 3.63) is 18.0 Å². The Hall–Kier alpha value is -0.870. The Balaban J connectivity index is 1.79. The molecule has 0 aromatic carbocycles. The van der Waals surface area contributed by atoms with Crippen LogP contribution in [0.25, 0.3) is 0 Å². The van der Waals surface area contributed by atoms with Crippen molar-refractivity contribution in [2.45, 2.75) is 57.6 Å². The number of aryl methyl sites for hydroxylation is 2. The van der Waals surface area contributed by atoms with Gasteiger partial charge in [0.15, 0.2) is 0 Å². The summed E-state index contributed by atoms with van der Waals surface area (Å²) in [6, 6.07) is 2.67. The van der Waals surface area contributed by atoms with E-state index in [-0.39, 0.29) is 0 Å². The molecule has 0 aliphatic carbocycles. The summed E-state index contributed by atoms with van der Waals surface area (Å²) in [5.74, 6) is 0. The molecule has 1 aliphatic heterocycles. The molecule has 1 N–H and O–H groups in total. The van der Waals surface area contributed by atoms with Crippen molar-refractivity contribution in [1.82, 2.24) is 15.1 Å². The highest BCUT2D eigenvalue weighted by Gasteiger charge is 2.19. The topological polar surface area (TPSA) is 39.1 Å². The van der Waals surface area contributed by atoms with Crippen molar-refractivity contribution in [3.8, 4) is 0 Å². The molecule has 1 aromatic heterocycles. The van der Waals surface area contributed by atoms with Crippen LogP contribution in [0.1, 0.15) is 44.7 Å². The van der Waals surface area contributed by atoms with Crippen LogP contribution >= 0.6 is 0 Å². The van der Waals surface area contributed by atoms with E-state index in [9.17, 15) is 0 Å². The van der Waals surface area contributed by atoms with Crippen molar-refractivity contribution < 1.29 is 4.74 Å². The van der Waals surface area contributed by atoms with E-state index >= 15 is 0 Å². The van der Waals surface area contributed by atoms with Crippen LogP contribution in [0.4, 0.5) is 0 Å². The SMILES string of the molecule is CCNC(CCc1ccnn1C)CC1CCCCO1. The fraction of sp³-hybridized carbons (Fsp3) is 0.800. The molecule has 0 bridgehead atoms. The third kappa shape index (κ3) is 4.62. The first-order chi connectivity index (χ1) is 9.29. The van der Waals surface area contributed by atoms with E-state index in [1.807, 2.05) is 17.9 Å². The van der Waals surface area contributed by atoms with E-state index in [1.165, 1.54) is 25.0 Å². The minimum Gasteiger partial charge on any atom is -0.378 e. The molecule has 2 unspecified atom stereocenters. The Kier molecular flexibility index (Phi) is 5.86. The predicted molar refractivity (Wildman–Crippen MR) is 77.2 cm³/mol. The van der Waals surface area contributed by atoms with Crippen LogP contribution in [0.5, 0.6) is 0 Å². The number of nitrogens with one attached hydrogen (secondary N) is 1. The van der Waals surface area contributed by atoms with E-state index < -0.39 is 0 Å². The first-order valence-electron chi connectivity index (χ1n) is 7.61. The van der Waals surface area contributed by atoms with Crippen LogP contribution in [-0.2, 0) is 18.2 Å². The molecule has 2 heterocycles. The van der Waals surface area contributed by atoms with E-state index in [1.54, 1.807) is 0 Å². The van der Waals surface area contributed by atoms with Gasteiger partial charge in [0.1, 0.15) is 0 Å². The van der Waals surface area contributed by atoms with Gasteiger partial charge in [0, 0.05) is 31.6 Å². The first kappa shape index (κ1) is 14.5. The smallest absolute Gasteiger partial charge is 0.0590 e. The lowest BCUT2D eigenvalue weighted by Gasteiger charge is -2.27. The van der Waals surface area contributed by atoms with Crippen LogP contribution in [-0.4, -0.2) is 35.1 Å². The maximum atomic E-state index is 5.86. The maximum absolute atomic E-state index is 5.86. The summed E-state index contributed by atoms with van der Waals surface area (Å²) in [7, 11) is 2.02. The Labute approximate surface area is 116 Å². The molecular weight excluding hydrogens is 238 g/mol. The van der Waals surface area contributed by atoms with E-state index in [4.69, 9.17) is 4.74 Å². The van der Waals surface area contributed by atoms with Crippen molar-refractivity contribution >= 4 is 0 Å². The quantitative estimate of drug-likeness (QED) is 0.822. The second-order valence-electron chi connectivity index (χ2n) is 5.46. The van der Waals surface area contributed by atoms with Crippen molar-refractivity contribution in [1.29, 1.82) is 0 Å². The highest BCUT2D eigenvalue weighted by atomic mass is 16.5. The zero-order valence-corrected chi connectivity index (χ0v) is 12.3. The van der Waals surface area contributed by atoms with Gasteiger partial charge in [-0.3, -0.25) is 4.68 Å². The first-order valence-corrected chi connectivity index (χ1v) is 7.61. The second-order valence-corrected chi connectivity index (χ2v) is 5.46. The Morgan fingerprint density at radius 1 is 1.53 bits per heavy atom. The third-order valence-electron chi connectivity index (χ3n) is 3.99. The van der Waals surface area contributed by atoms with Gasteiger partial charge in [0.2, 0.25) is 0 Å². The van der Waals surface area contributed by atoms with Crippen molar-refractivity contribution in [3.63, 3.8) is 0 Å². The summed E-state index contributed by atoms with van der Waals surface area (Å²) in [4.78, 5) is 0. The minimum atomic E-state index is 0.462. The van der Waals surface area contributed by atoms with Gasteiger partial charge in [0.25, 0.3) is 0 Å². The molecule has 1 saturated heterocycles. The lowest BCUT2D eigenvalue weighted by atomic mass is 9.98. The average Bonchev–Trinajstić information content (AvgIpc) is 2.83. The molecule has 0 radical (unpaired) electrons. The number of hydrogen-bond acceptors (Lipinski definition) is 3. The highest BCUT2D eigenvalue weighted by molar-refractivity contribution is 5.00. The summed E-state index contributed by atoms with van der Waals surface area (Å²) in [5.41, 5.74) is 1.31. The number of aromatic nitrogens is 2. The van der Waals surface area contributed by atoms with Crippen LogP contribution in [0.2, 0.25) is 0 Å². The molecule has 0 spiro atoms. The lowest BCUT2D eigenvalue weighted by molar-refractivity contribution is 0.00481. The van der Waals surface area contributed by atoms with Gasteiger partial charge in [0.05, 0.1) is 6.10 Å². The lowest BCUT2D eigenvalue weighted by Crippen LogP contribution is -2.35. The summed E-state index contributed by atoms with van der Waals surface area (Å²) >= 11 is 0. The fourth-order valence-corrected chi connectivity index (χ4v) is 2.87. The van der Waals surface area contributed by atoms with Gasteiger partial charge >= 0.3 is 0 Å². The molecule has 2 atom stereocenters. The second kappa shape index (κ2) is 7.65. The molecule has 4 nitrogen and oxygen atoms in total. The third-order valence-corrected chi connectivity index (χ3v) is 3.99. The van der Waals surface area contributed by atoms with E-state index in [2.05, 4.69) is 23.4 Å². The predicted octanol–water partition coefficient (Wildman–Crippen LogP) is 2.29. The maximum Gasteiger partial charge on any atom is 0.0590 e. The van der Waals surface area contributed by atoms with Gasteiger partial charge in [-0.2, -0.15) is 5.10 Å². The highest BCUT2D eigenvalue weighted by Crippen LogP contribution is 2.19. The molecular formula is C15H27N3O. The standard InChI is InChI=1S/C15H27N3O/c1-3-16-13(12-15-6-4-5-11-19-15)7-8-14-9-10-17-18(14)2/h9-10,13,15-16H,3-8,11-12H2,1-2H3. The largest absolute Gasteiger partial charge is 0.378 e. The van der Waals surface area contributed by atoms with Gasteiger partial charge in [-0.15, -0.1) is 0 Å². The van der Waals surface area contributed by atoms with Crippen LogP contribution in [0.3, 0.4) is 0 Å². The number of hydrogen-bond donors (Lipinski definition) is 1. The monoisotopic (exact) mass is 265 g/mol. The molecule has 0 amide bonds. The van der Waals surface area contributed by atoms with Crippen LogP contribution in [0.15, 0.2) is 12.3 Å². The normalized spacial score (nSPS) is 21.5. The van der Waals surface area contributed by atoms with E-state index in [0.717, 1.165) is 32.4 Å². The average molecular weight is 265 g/mol. The summed E-state index contributed by atoms with van der Waals surface area (Å²) in [5, 5.41) is 7.83. The van der Waals surface area contributed by atoms with Crippen LogP contribution < -0.4 is 5.32 Å². The number of rotatable bonds is 7. The Morgan fingerprint density at radius 3 is 3.05 bits per heavy atom. The van der Waals surface area contributed by atoms with E-state index in [0.29, 0.717) is 12.1 Å². The van der Waals surface area contributed by atoms with Gasteiger partial charge in [-0.25, -0.2) is 0 Å². The van der Waals surface area contributed by atoms with Gasteiger partial charge in [-0.05, 0) is 51.1 Å². The summed E-state index contributed by atoms with van der Waals surface area (Å²) < 4.78 is 7.83. The molecule has 1 fully saturated rings.